The molecule has 5 aromatic rings. The minimum absolute atomic E-state index is 0.455. The molecule has 1 aliphatic rings. The Morgan fingerprint density at radius 3 is 2.67 bits per heavy atom. The van der Waals surface area contributed by atoms with E-state index in [1.54, 1.807) is 6.33 Å². The highest BCUT2D eigenvalue weighted by molar-refractivity contribution is 6.31. The molecule has 0 atom stereocenters. The first-order chi connectivity index (χ1) is 16.2. The van der Waals surface area contributed by atoms with Gasteiger partial charge in [0.05, 0.1) is 16.8 Å². The van der Waals surface area contributed by atoms with E-state index in [0.717, 1.165) is 40.6 Å². The molecule has 7 heteroatoms. The molecule has 1 aliphatic carbocycles. The summed E-state index contributed by atoms with van der Waals surface area (Å²) in [5.41, 5.74) is 5.53. The molecule has 0 saturated heterocycles. The first kappa shape index (κ1) is 19.7. The average molecular weight is 451 g/mol. The number of hydrogen-bond acceptors (Lipinski definition) is 5. The molecule has 33 heavy (non-hydrogen) atoms. The van der Waals surface area contributed by atoms with E-state index in [-0.39, 0.29) is 0 Å². The Hall–Kier alpha value is -3.95. The van der Waals surface area contributed by atoms with Gasteiger partial charge >= 0.3 is 0 Å². The third kappa shape index (κ3) is 3.21. The number of nitrogens with zero attached hydrogens (tertiary/aromatic N) is 6. The van der Waals surface area contributed by atoms with Crippen molar-refractivity contribution in [2.24, 2.45) is 0 Å². The summed E-state index contributed by atoms with van der Waals surface area (Å²) >= 11 is 6.32. The molecular formula is C26H19ClN6. The van der Waals surface area contributed by atoms with Crippen molar-refractivity contribution in [3.05, 3.63) is 83.1 Å². The molecule has 1 saturated carbocycles. The molecule has 0 aliphatic heterocycles. The first-order valence-corrected chi connectivity index (χ1v) is 11.2. The molecule has 3 aromatic carbocycles. The quantitative estimate of drug-likeness (QED) is 0.330. The van der Waals surface area contributed by atoms with Gasteiger partial charge < -0.3 is 4.90 Å². The highest BCUT2D eigenvalue weighted by Crippen LogP contribution is 2.48. The van der Waals surface area contributed by atoms with Gasteiger partial charge in [-0.1, -0.05) is 54.1 Å². The lowest BCUT2D eigenvalue weighted by atomic mass is 9.93. The van der Waals surface area contributed by atoms with Crippen LogP contribution in [-0.4, -0.2) is 26.6 Å². The maximum atomic E-state index is 10.3. The van der Waals surface area contributed by atoms with Crippen molar-refractivity contribution in [3.8, 4) is 17.2 Å². The van der Waals surface area contributed by atoms with Gasteiger partial charge in [-0.3, -0.25) is 4.40 Å². The maximum absolute atomic E-state index is 10.3. The number of nitriles is 1. The number of hydrogen-bond donors (Lipinski definition) is 0. The number of anilines is 2. The van der Waals surface area contributed by atoms with Crippen LogP contribution in [0.5, 0.6) is 0 Å². The molecular weight excluding hydrogens is 432 g/mol. The van der Waals surface area contributed by atoms with Gasteiger partial charge in [-0.15, -0.1) is 10.2 Å². The van der Waals surface area contributed by atoms with E-state index in [2.05, 4.69) is 28.4 Å². The van der Waals surface area contributed by atoms with Crippen molar-refractivity contribution in [2.45, 2.75) is 18.8 Å². The lowest BCUT2D eigenvalue weighted by molar-refractivity contribution is 1.05. The Balaban J connectivity index is 1.64. The van der Waals surface area contributed by atoms with Crippen molar-refractivity contribution in [2.75, 3.05) is 11.9 Å². The SMILES string of the molecule is CN(c1c(C2CC2)ccc(-c2ccccc2)c1C#N)c1nc2nncn2c2cc(Cl)ccc12. The molecule has 2 heterocycles. The van der Waals surface area contributed by atoms with E-state index in [1.807, 2.05) is 64.9 Å². The summed E-state index contributed by atoms with van der Waals surface area (Å²) in [6, 6.07) is 22.5. The van der Waals surface area contributed by atoms with E-state index in [9.17, 15) is 5.26 Å². The Morgan fingerprint density at radius 1 is 1.09 bits per heavy atom. The second kappa shape index (κ2) is 7.58. The zero-order valence-electron chi connectivity index (χ0n) is 17.9. The maximum Gasteiger partial charge on any atom is 0.257 e. The van der Waals surface area contributed by atoms with Crippen LogP contribution in [-0.2, 0) is 0 Å². The number of aromatic nitrogens is 4. The standard InChI is InChI=1S/C26H19ClN6/c1-32(25-21-10-9-18(27)13-23(21)33-15-29-31-26(33)30-25)24-20(17-7-8-17)12-11-19(22(24)14-28)16-5-3-2-4-6-16/h2-6,9-13,15,17H,7-8H2,1H3. The van der Waals surface area contributed by atoms with E-state index < -0.39 is 0 Å². The van der Waals surface area contributed by atoms with Gasteiger partial charge in [0.25, 0.3) is 5.78 Å². The Morgan fingerprint density at radius 2 is 1.91 bits per heavy atom. The van der Waals surface area contributed by atoms with E-state index in [4.69, 9.17) is 16.6 Å². The van der Waals surface area contributed by atoms with Crippen molar-refractivity contribution in [3.63, 3.8) is 0 Å². The summed E-state index contributed by atoms with van der Waals surface area (Å²) in [7, 11) is 1.97. The number of benzene rings is 3. The lowest BCUT2D eigenvalue weighted by Gasteiger charge is -2.26. The Bertz CT molecular complexity index is 1560. The highest BCUT2D eigenvalue weighted by Gasteiger charge is 2.31. The molecule has 0 spiro atoms. The molecule has 0 bridgehead atoms. The third-order valence-corrected chi connectivity index (χ3v) is 6.51. The van der Waals surface area contributed by atoms with Gasteiger partial charge in [-0.05, 0) is 48.1 Å². The van der Waals surface area contributed by atoms with Crippen LogP contribution in [0.1, 0.15) is 29.9 Å². The first-order valence-electron chi connectivity index (χ1n) is 10.8. The predicted molar refractivity (Wildman–Crippen MR) is 130 cm³/mol. The van der Waals surface area contributed by atoms with Crippen LogP contribution in [0.2, 0.25) is 5.02 Å². The Labute approximate surface area is 195 Å². The summed E-state index contributed by atoms with van der Waals surface area (Å²) in [6.07, 6.45) is 3.89. The van der Waals surface area contributed by atoms with Gasteiger partial charge in [0.2, 0.25) is 0 Å². The molecule has 6 nitrogen and oxygen atoms in total. The third-order valence-electron chi connectivity index (χ3n) is 6.27. The van der Waals surface area contributed by atoms with Crippen LogP contribution in [0.25, 0.3) is 27.8 Å². The van der Waals surface area contributed by atoms with Gasteiger partial charge in [-0.25, -0.2) is 0 Å². The van der Waals surface area contributed by atoms with Gasteiger partial charge in [-0.2, -0.15) is 10.2 Å². The van der Waals surface area contributed by atoms with E-state index in [1.165, 1.54) is 5.56 Å². The summed E-state index contributed by atoms with van der Waals surface area (Å²) in [5.74, 6) is 1.65. The summed E-state index contributed by atoms with van der Waals surface area (Å²) in [5, 5.41) is 20.1. The van der Waals surface area contributed by atoms with Gasteiger partial charge in [0.1, 0.15) is 18.2 Å². The van der Waals surface area contributed by atoms with E-state index in [0.29, 0.717) is 28.1 Å². The second-order valence-electron chi connectivity index (χ2n) is 8.33. The number of halogens is 1. The normalized spacial score (nSPS) is 13.4. The fourth-order valence-electron chi connectivity index (χ4n) is 4.55. The minimum atomic E-state index is 0.455. The highest BCUT2D eigenvalue weighted by atomic mass is 35.5. The van der Waals surface area contributed by atoms with Crippen molar-refractivity contribution < 1.29 is 0 Å². The Kier molecular flexibility index (Phi) is 4.53. The van der Waals surface area contributed by atoms with Crippen molar-refractivity contribution in [1.82, 2.24) is 19.6 Å². The zero-order valence-corrected chi connectivity index (χ0v) is 18.7. The predicted octanol–water partition coefficient (Wildman–Crippen LogP) is 6.11. The molecule has 0 amide bonds. The monoisotopic (exact) mass is 450 g/mol. The largest absolute Gasteiger partial charge is 0.327 e. The summed E-state index contributed by atoms with van der Waals surface area (Å²) < 4.78 is 1.83. The fourth-order valence-corrected chi connectivity index (χ4v) is 4.71. The molecule has 0 radical (unpaired) electrons. The molecule has 2 aromatic heterocycles. The van der Waals surface area contributed by atoms with Crippen LogP contribution < -0.4 is 4.90 Å². The van der Waals surface area contributed by atoms with Crippen molar-refractivity contribution in [1.29, 1.82) is 5.26 Å². The van der Waals surface area contributed by atoms with Crippen LogP contribution in [0, 0.1) is 11.3 Å². The van der Waals surface area contributed by atoms with Gasteiger partial charge in [0.15, 0.2) is 0 Å². The second-order valence-corrected chi connectivity index (χ2v) is 8.77. The number of fused-ring (bicyclic) bond motifs is 3. The van der Waals surface area contributed by atoms with Gasteiger partial charge in [0, 0.05) is 23.0 Å². The van der Waals surface area contributed by atoms with Crippen LogP contribution in [0.4, 0.5) is 11.5 Å². The molecule has 160 valence electrons. The smallest absolute Gasteiger partial charge is 0.257 e. The average Bonchev–Trinajstić information content (AvgIpc) is 3.59. The van der Waals surface area contributed by atoms with Crippen LogP contribution >= 0.6 is 11.6 Å². The lowest BCUT2D eigenvalue weighted by Crippen LogP contribution is -2.17. The minimum Gasteiger partial charge on any atom is -0.327 e. The van der Waals surface area contributed by atoms with E-state index >= 15 is 0 Å². The molecule has 1 fully saturated rings. The van der Waals surface area contributed by atoms with Crippen LogP contribution in [0.3, 0.4) is 0 Å². The molecule has 0 unspecified atom stereocenters. The van der Waals surface area contributed by atoms with Crippen molar-refractivity contribution >= 4 is 39.8 Å². The molecule has 0 N–H and O–H groups in total. The zero-order chi connectivity index (χ0) is 22.5. The molecule has 6 rings (SSSR count). The summed E-state index contributed by atoms with van der Waals surface area (Å²) in [6.45, 7) is 0. The number of rotatable bonds is 4. The van der Waals surface area contributed by atoms with Crippen LogP contribution in [0.15, 0.2) is 67.0 Å². The summed E-state index contributed by atoms with van der Waals surface area (Å²) in [4.78, 5) is 6.86. The fraction of sp³-hybridized carbons (Fsp3) is 0.154. The topological polar surface area (TPSA) is 70.1 Å².